The number of benzene rings is 2. The highest BCUT2D eigenvalue weighted by Crippen LogP contribution is 2.25. The molecule has 3 rings (SSSR count). The van der Waals surface area contributed by atoms with E-state index in [0.717, 1.165) is 23.1 Å². The minimum Gasteiger partial charge on any atom is -0.501 e. The Balaban J connectivity index is 2.03. The van der Waals surface area contributed by atoms with Crippen LogP contribution in [0.15, 0.2) is 59.4 Å². The summed E-state index contributed by atoms with van der Waals surface area (Å²) in [5.41, 5.74) is 2.19. The first-order valence-corrected chi connectivity index (χ1v) is 9.23. The molecule has 3 aromatic rings. The van der Waals surface area contributed by atoms with Crippen LogP contribution in [0.4, 0.5) is 0 Å². The van der Waals surface area contributed by atoms with Crippen LogP contribution in [0.5, 0.6) is 5.75 Å². The largest absolute Gasteiger partial charge is 0.501 e. The van der Waals surface area contributed by atoms with Crippen LogP contribution in [0.3, 0.4) is 0 Å². The number of carbonyl (C=O) groups excluding carboxylic acids is 1. The maximum absolute atomic E-state index is 12.4. The number of rotatable bonds is 6. The highest BCUT2D eigenvalue weighted by atomic mass is 16.3. The van der Waals surface area contributed by atoms with Crippen LogP contribution in [0, 0.1) is 0 Å². The van der Waals surface area contributed by atoms with E-state index in [1.807, 2.05) is 61.5 Å². The lowest BCUT2D eigenvalue weighted by Gasteiger charge is -2.14. The monoisotopic (exact) mass is 377 g/mol. The second-order valence-electron chi connectivity index (χ2n) is 6.55. The number of nitrogens with zero attached hydrogens (tertiary/aromatic N) is 2. The quantitative estimate of drug-likeness (QED) is 0.692. The van der Waals surface area contributed by atoms with Crippen molar-refractivity contribution in [2.75, 3.05) is 6.54 Å². The van der Waals surface area contributed by atoms with Crippen LogP contribution >= 0.6 is 0 Å². The number of nitrogens with one attached hydrogen (secondary N) is 1. The third-order valence-corrected chi connectivity index (χ3v) is 4.56. The third kappa shape index (κ3) is 3.96. The van der Waals surface area contributed by atoms with Crippen LogP contribution in [0.1, 0.15) is 35.2 Å². The SMILES string of the molecule is CCCNC(=O)c1nc(Cc2ccccc2-c2ccccc2)n(C)c(=O)c1O. The smallest absolute Gasteiger partial charge is 0.296 e. The molecule has 2 N–H and O–H groups in total. The van der Waals surface area contributed by atoms with E-state index in [9.17, 15) is 14.7 Å². The summed E-state index contributed by atoms with van der Waals surface area (Å²) < 4.78 is 1.29. The normalized spacial score (nSPS) is 10.6. The summed E-state index contributed by atoms with van der Waals surface area (Å²) in [5.74, 6) is -0.765. The van der Waals surface area contributed by atoms with Gasteiger partial charge in [-0.2, -0.15) is 0 Å². The maximum atomic E-state index is 12.4. The molecule has 144 valence electrons. The van der Waals surface area contributed by atoms with Gasteiger partial charge >= 0.3 is 0 Å². The molecule has 6 nitrogen and oxygen atoms in total. The third-order valence-electron chi connectivity index (χ3n) is 4.56. The number of hydrogen-bond donors (Lipinski definition) is 2. The molecule has 0 aliphatic rings. The van der Waals surface area contributed by atoms with Crippen molar-refractivity contribution < 1.29 is 9.90 Å². The first kappa shape index (κ1) is 19.4. The van der Waals surface area contributed by atoms with Gasteiger partial charge in [0.15, 0.2) is 5.69 Å². The second-order valence-corrected chi connectivity index (χ2v) is 6.55. The van der Waals surface area contributed by atoms with Gasteiger partial charge in [0, 0.05) is 20.0 Å². The van der Waals surface area contributed by atoms with Crippen LogP contribution in [-0.2, 0) is 13.5 Å². The molecule has 1 amide bonds. The van der Waals surface area contributed by atoms with Crippen molar-refractivity contribution in [3.63, 3.8) is 0 Å². The van der Waals surface area contributed by atoms with Gasteiger partial charge in [0.1, 0.15) is 5.82 Å². The lowest BCUT2D eigenvalue weighted by atomic mass is 9.97. The van der Waals surface area contributed by atoms with Crippen molar-refractivity contribution in [2.45, 2.75) is 19.8 Å². The summed E-state index contributed by atoms with van der Waals surface area (Å²) in [5, 5.41) is 12.8. The topological polar surface area (TPSA) is 84.2 Å². The van der Waals surface area contributed by atoms with Gasteiger partial charge in [0.2, 0.25) is 5.75 Å². The van der Waals surface area contributed by atoms with Crippen molar-refractivity contribution in [2.24, 2.45) is 7.05 Å². The van der Waals surface area contributed by atoms with Crippen molar-refractivity contribution >= 4 is 5.91 Å². The Kier molecular flexibility index (Phi) is 5.89. The molecule has 2 aromatic carbocycles. The molecule has 0 fully saturated rings. The highest BCUT2D eigenvalue weighted by Gasteiger charge is 2.20. The predicted octanol–water partition coefficient (Wildman–Crippen LogP) is 2.88. The Bertz CT molecular complexity index is 1040. The number of aromatic nitrogens is 2. The number of hydrogen-bond acceptors (Lipinski definition) is 4. The molecule has 0 radical (unpaired) electrons. The number of amides is 1. The molecule has 1 aromatic heterocycles. The van der Waals surface area contributed by atoms with E-state index >= 15 is 0 Å². The fourth-order valence-electron chi connectivity index (χ4n) is 3.02. The fourth-order valence-corrected chi connectivity index (χ4v) is 3.02. The second kappa shape index (κ2) is 8.52. The lowest BCUT2D eigenvalue weighted by Crippen LogP contribution is -2.30. The van der Waals surface area contributed by atoms with E-state index in [1.165, 1.54) is 4.57 Å². The fraction of sp³-hybridized carbons (Fsp3) is 0.227. The van der Waals surface area contributed by atoms with Gasteiger partial charge in [0.25, 0.3) is 11.5 Å². The van der Waals surface area contributed by atoms with Crippen molar-refractivity contribution in [3.05, 3.63) is 82.0 Å². The zero-order valence-corrected chi connectivity index (χ0v) is 16.0. The van der Waals surface area contributed by atoms with Crippen LogP contribution in [0.25, 0.3) is 11.1 Å². The van der Waals surface area contributed by atoms with E-state index in [-0.39, 0.29) is 5.69 Å². The summed E-state index contributed by atoms with van der Waals surface area (Å²) in [7, 11) is 1.54. The minimum absolute atomic E-state index is 0.233. The average molecular weight is 377 g/mol. The van der Waals surface area contributed by atoms with Gasteiger partial charge in [-0.05, 0) is 23.1 Å². The molecule has 1 heterocycles. The number of aromatic hydroxyl groups is 1. The summed E-state index contributed by atoms with van der Waals surface area (Å²) >= 11 is 0. The zero-order chi connectivity index (χ0) is 20.1. The van der Waals surface area contributed by atoms with Crippen molar-refractivity contribution in [3.8, 4) is 16.9 Å². The summed E-state index contributed by atoms with van der Waals surface area (Å²) in [6, 6.07) is 17.8. The Labute approximate surface area is 163 Å². The van der Waals surface area contributed by atoms with Crippen molar-refractivity contribution in [1.29, 1.82) is 0 Å². The lowest BCUT2D eigenvalue weighted by molar-refractivity contribution is 0.0944. The zero-order valence-electron chi connectivity index (χ0n) is 16.0. The molecule has 0 bridgehead atoms. The predicted molar refractivity (Wildman–Crippen MR) is 108 cm³/mol. The van der Waals surface area contributed by atoms with Crippen LogP contribution < -0.4 is 10.9 Å². The summed E-state index contributed by atoms with van der Waals surface area (Å²) in [6.07, 6.45) is 1.10. The van der Waals surface area contributed by atoms with Gasteiger partial charge in [-0.1, -0.05) is 61.5 Å². The number of carbonyl (C=O) groups is 1. The Morgan fingerprint density at radius 2 is 1.79 bits per heavy atom. The molecule has 0 atom stereocenters. The average Bonchev–Trinajstić information content (AvgIpc) is 2.73. The van der Waals surface area contributed by atoms with Gasteiger partial charge in [-0.25, -0.2) is 4.98 Å². The van der Waals surface area contributed by atoms with E-state index in [0.29, 0.717) is 18.8 Å². The first-order valence-electron chi connectivity index (χ1n) is 9.23. The van der Waals surface area contributed by atoms with Crippen LogP contribution in [-0.4, -0.2) is 27.1 Å². The van der Waals surface area contributed by atoms with Gasteiger partial charge in [-0.3, -0.25) is 14.2 Å². The van der Waals surface area contributed by atoms with Crippen molar-refractivity contribution in [1.82, 2.24) is 14.9 Å². The molecule has 0 saturated heterocycles. The standard InChI is InChI=1S/C22H23N3O3/c1-3-13-23-21(27)19-20(26)22(28)25(2)18(24-19)14-16-11-7-8-12-17(16)15-9-5-4-6-10-15/h4-12,26H,3,13-14H2,1-2H3,(H,23,27). The van der Waals surface area contributed by atoms with Crippen LogP contribution in [0.2, 0.25) is 0 Å². The molecule has 0 unspecified atom stereocenters. The molecule has 0 spiro atoms. The molecule has 0 aliphatic heterocycles. The van der Waals surface area contributed by atoms with E-state index in [4.69, 9.17) is 0 Å². The van der Waals surface area contributed by atoms with E-state index in [1.54, 1.807) is 7.05 Å². The molecule has 6 heteroatoms. The van der Waals surface area contributed by atoms with E-state index in [2.05, 4.69) is 10.3 Å². The summed E-state index contributed by atoms with van der Waals surface area (Å²) in [6.45, 7) is 2.37. The highest BCUT2D eigenvalue weighted by molar-refractivity contribution is 5.94. The Morgan fingerprint density at radius 3 is 2.50 bits per heavy atom. The van der Waals surface area contributed by atoms with Gasteiger partial charge < -0.3 is 10.4 Å². The molecule has 0 aliphatic carbocycles. The molecule has 0 saturated carbocycles. The summed E-state index contributed by atoms with van der Waals surface area (Å²) in [4.78, 5) is 29.0. The molecular formula is C22H23N3O3. The molecular weight excluding hydrogens is 354 g/mol. The molecule has 28 heavy (non-hydrogen) atoms. The Hall–Kier alpha value is -3.41. The van der Waals surface area contributed by atoms with Gasteiger partial charge in [0.05, 0.1) is 0 Å². The van der Waals surface area contributed by atoms with E-state index < -0.39 is 17.2 Å². The first-order chi connectivity index (χ1) is 13.5. The minimum atomic E-state index is -0.635. The van der Waals surface area contributed by atoms with Gasteiger partial charge in [-0.15, -0.1) is 0 Å². The maximum Gasteiger partial charge on any atom is 0.296 e. The Morgan fingerprint density at radius 1 is 1.11 bits per heavy atom.